The van der Waals surface area contributed by atoms with Crippen LogP contribution in [0.5, 0.6) is 0 Å². The molecule has 1 fully saturated rings. The van der Waals surface area contributed by atoms with Gasteiger partial charge in [0.15, 0.2) is 5.82 Å². The second-order valence-electron chi connectivity index (χ2n) is 4.16. The zero-order chi connectivity index (χ0) is 8.67. The second kappa shape index (κ2) is 2.76. The molecule has 3 heteroatoms. The van der Waals surface area contributed by atoms with Gasteiger partial charge >= 0.3 is 0 Å². The number of nitrogens with one attached hydrogen (secondary N) is 2. The molecule has 3 nitrogen and oxygen atoms in total. The molecule has 0 spiro atoms. The molecule has 1 aromatic heterocycles. The van der Waals surface area contributed by atoms with Gasteiger partial charge in [-0.3, -0.25) is 5.10 Å². The Bertz CT molecular complexity index is 312. The minimum Gasteiger partial charge on any atom is -0.366 e. The fraction of sp³-hybridized carbons (Fsp3) is 0.700. The summed E-state index contributed by atoms with van der Waals surface area (Å²) in [5.41, 5.74) is 2.83. The topological polar surface area (TPSA) is 40.7 Å². The van der Waals surface area contributed by atoms with Gasteiger partial charge in [0.2, 0.25) is 0 Å². The number of hydrogen-bond donors (Lipinski definition) is 2. The Morgan fingerprint density at radius 1 is 1.23 bits per heavy atom. The average Bonchev–Trinajstić information content (AvgIpc) is 2.88. The summed E-state index contributed by atoms with van der Waals surface area (Å²) in [6, 6.07) is 0.717. The Morgan fingerprint density at radius 2 is 2.08 bits per heavy atom. The molecule has 0 radical (unpaired) electrons. The molecule has 1 aromatic rings. The van der Waals surface area contributed by atoms with Crippen LogP contribution in [-0.2, 0) is 12.8 Å². The van der Waals surface area contributed by atoms with E-state index in [0.29, 0.717) is 6.04 Å². The van der Waals surface area contributed by atoms with Crippen molar-refractivity contribution in [2.45, 2.75) is 44.6 Å². The molecule has 1 heterocycles. The first-order valence-corrected chi connectivity index (χ1v) is 5.26. The Balaban J connectivity index is 1.86. The fourth-order valence-corrected chi connectivity index (χ4v) is 2.02. The van der Waals surface area contributed by atoms with Crippen molar-refractivity contribution in [1.82, 2.24) is 10.2 Å². The monoisotopic (exact) mass is 177 g/mol. The van der Waals surface area contributed by atoms with E-state index in [2.05, 4.69) is 15.5 Å². The molecule has 0 bridgehead atoms. The zero-order valence-corrected chi connectivity index (χ0v) is 7.77. The lowest BCUT2D eigenvalue weighted by Crippen LogP contribution is -2.06. The Hall–Kier alpha value is -0.990. The number of aromatic nitrogens is 2. The molecular formula is C10H15N3. The minimum absolute atomic E-state index is 0.717. The Kier molecular flexibility index (Phi) is 1.57. The maximum absolute atomic E-state index is 4.34. The van der Waals surface area contributed by atoms with E-state index in [1.165, 1.54) is 49.8 Å². The highest BCUT2D eigenvalue weighted by molar-refractivity contribution is 5.49. The molecular weight excluding hydrogens is 162 g/mol. The summed E-state index contributed by atoms with van der Waals surface area (Å²) in [6.07, 6.45) is 7.68. The lowest BCUT2D eigenvalue weighted by Gasteiger charge is -2.11. The maximum atomic E-state index is 4.34. The summed E-state index contributed by atoms with van der Waals surface area (Å²) < 4.78 is 0. The third-order valence-electron chi connectivity index (χ3n) is 2.97. The Labute approximate surface area is 77.9 Å². The van der Waals surface area contributed by atoms with Crippen LogP contribution in [0, 0.1) is 0 Å². The summed E-state index contributed by atoms with van der Waals surface area (Å²) in [4.78, 5) is 0. The normalized spacial score (nSPS) is 21.2. The minimum atomic E-state index is 0.717. The van der Waals surface area contributed by atoms with Crippen molar-refractivity contribution in [3.05, 3.63) is 11.3 Å². The molecule has 0 amide bonds. The molecule has 3 rings (SSSR count). The Morgan fingerprint density at radius 3 is 2.92 bits per heavy atom. The van der Waals surface area contributed by atoms with Crippen molar-refractivity contribution in [3.8, 4) is 0 Å². The average molecular weight is 177 g/mol. The van der Waals surface area contributed by atoms with Gasteiger partial charge in [0.05, 0.1) is 0 Å². The van der Waals surface area contributed by atoms with Gasteiger partial charge in [-0.15, -0.1) is 0 Å². The maximum Gasteiger partial charge on any atom is 0.151 e. The van der Waals surface area contributed by atoms with Gasteiger partial charge in [-0.1, -0.05) is 0 Å². The van der Waals surface area contributed by atoms with E-state index in [-0.39, 0.29) is 0 Å². The molecule has 0 unspecified atom stereocenters. The lowest BCUT2D eigenvalue weighted by molar-refractivity contribution is 0.675. The number of anilines is 1. The van der Waals surface area contributed by atoms with Crippen molar-refractivity contribution in [2.24, 2.45) is 0 Å². The third-order valence-corrected chi connectivity index (χ3v) is 2.97. The van der Waals surface area contributed by atoms with E-state index in [4.69, 9.17) is 0 Å². The number of H-pyrrole nitrogens is 1. The van der Waals surface area contributed by atoms with Crippen LogP contribution in [-0.4, -0.2) is 16.2 Å². The standard InChI is InChI=1S/C10H15N3/c1-2-4-9-8(3-1)10(13-12-9)11-7-5-6-7/h7H,1-6H2,(H2,11,12,13). The number of rotatable bonds is 2. The van der Waals surface area contributed by atoms with Crippen LogP contribution in [0.3, 0.4) is 0 Å². The largest absolute Gasteiger partial charge is 0.366 e. The van der Waals surface area contributed by atoms with Crippen molar-refractivity contribution >= 4 is 5.82 Å². The van der Waals surface area contributed by atoms with E-state index in [1.807, 2.05) is 0 Å². The highest BCUT2D eigenvalue weighted by atomic mass is 15.2. The quantitative estimate of drug-likeness (QED) is 0.724. The van der Waals surface area contributed by atoms with E-state index < -0.39 is 0 Å². The molecule has 0 aromatic carbocycles. The summed E-state index contributed by atoms with van der Waals surface area (Å²) in [7, 11) is 0. The van der Waals surface area contributed by atoms with Crippen molar-refractivity contribution in [2.75, 3.05) is 5.32 Å². The molecule has 0 saturated heterocycles. The van der Waals surface area contributed by atoms with Gasteiger partial charge in [-0.05, 0) is 38.5 Å². The zero-order valence-electron chi connectivity index (χ0n) is 7.77. The van der Waals surface area contributed by atoms with Crippen molar-refractivity contribution < 1.29 is 0 Å². The SMILES string of the molecule is C1CCc2c(NC3CC3)n[nH]c2C1. The molecule has 70 valence electrons. The van der Waals surface area contributed by atoms with Gasteiger partial charge in [-0.25, -0.2) is 0 Å². The summed E-state index contributed by atoms with van der Waals surface area (Å²) >= 11 is 0. The predicted octanol–water partition coefficient (Wildman–Crippen LogP) is 1.86. The first kappa shape index (κ1) is 7.42. The lowest BCUT2D eigenvalue weighted by atomic mass is 9.97. The molecule has 2 N–H and O–H groups in total. The number of nitrogens with zero attached hydrogens (tertiary/aromatic N) is 1. The first-order chi connectivity index (χ1) is 6.43. The van der Waals surface area contributed by atoms with Crippen LogP contribution in [0.25, 0.3) is 0 Å². The molecule has 0 aliphatic heterocycles. The fourth-order valence-electron chi connectivity index (χ4n) is 2.02. The van der Waals surface area contributed by atoms with Gasteiger partial charge in [0.25, 0.3) is 0 Å². The summed E-state index contributed by atoms with van der Waals surface area (Å²) in [5.74, 6) is 1.14. The number of hydrogen-bond acceptors (Lipinski definition) is 2. The van der Waals surface area contributed by atoms with E-state index in [1.54, 1.807) is 0 Å². The molecule has 2 aliphatic rings. The first-order valence-electron chi connectivity index (χ1n) is 5.26. The van der Waals surface area contributed by atoms with Crippen LogP contribution in [0.2, 0.25) is 0 Å². The van der Waals surface area contributed by atoms with E-state index in [9.17, 15) is 0 Å². The predicted molar refractivity (Wildman–Crippen MR) is 51.9 cm³/mol. The summed E-state index contributed by atoms with van der Waals surface area (Å²) in [6.45, 7) is 0. The molecule has 1 saturated carbocycles. The van der Waals surface area contributed by atoms with E-state index in [0.717, 1.165) is 5.82 Å². The van der Waals surface area contributed by atoms with Crippen LogP contribution in [0.4, 0.5) is 5.82 Å². The molecule has 13 heavy (non-hydrogen) atoms. The van der Waals surface area contributed by atoms with Crippen LogP contribution in [0.1, 0.15) is 36.9 Å². The highest BCUT2D eigenvalue weighted by Crippen LogP contribution is 2.30. The van der Waals surface area contributed by atoms with Crippen molar-refractivity contribution in [3.63, 3.8) is 0 Å². The van der Waals surface area contributed by atoms with Gasteiger partial charge in [0, 0.05) is 17.3 Å². The molecule has 0 atom stereocenters. The van der Waals surface area contributed by atoms with Crippen LogP contribution in [0.15, 0.2) is 0 Å². The summed E-state index contributed by atoms with van der Waals surface area (Å²) in [5, 5.41) is 11.0. The number of fused-ring (bicyclic) bond motifs is 1. The van der Waals surface area contributed by atoms with E-state index >= 15 is 0 Å². The van der Waals surface area contributed by atoms with Crippen molar-refractivity contribution in [1.29, 1.82) is 0 Å². The van der Waals surface area contributed by atoms with Crippen LogP contribution < -0.4 is 5.32 Å². The number of aryl methyl sites for hydroxylation is 1. The van der Waals surface area contributed by atoms with Gasteiger partial charge in [-0.2, -0.15) is 5.10 Å². The molecule has 2 aliphatic carbocycles. The highest BCUT2D eigenvalue weighted by Gasteiger charge is 2.24. The van der Waals surface area contributed by atoms with Gasteiger partial charge < -0.3 is 5.32 Å². The van der Waals surface area contributed by atoms with Gasteiger partial charge in [0.1, 0.15) is 0 Å². The number of aromatic amines is 1. The van der Waals surface area contributed by atoms with Crippen LogP contribution >= 0.6 is 0 Å². The second-order valence-corrected chi connectivity index (χ2v) is 4.16. The smallest absolute Gasteiger partial charge is 0.151 e. The third kappa shape index (κ3) is 1.32.